The maximum Gasteiger partial charge on any atom is 0.436 e. The third-order valence-corrected chi connectivity index (χ3v) is 8.02. The minimum absolute atomic E-state index is 0.0211. The summed E-state index contributed by atoms with van der Waals surface area (Å²) >= 11 is 6.21. The summed E-state index contributed by atoms with van der Waals surface area (Å²) in [5, 5.41) is 13.6. The fraction of sp³-hybridized carbons (Fsp3) is 0.267. The normalized spacial score (nSPS) is 17.3. The molecule has 2 unspecified atom stereocenters. The number of carbonyl (C=O) groups is 1. The van der Waals surface area contributed by atoms with Crippen LogP contribution < -0.4 is 10.9 Å². The summed E-state index contributed by atoms with van der Waals surface area (Å²) in [5.74, 6) is -0.812. The Hall–Kier alpha value is -4.92. The van der Waals surface area contributed by atoms with E-state index < -0.39 is 35.9 Å². The fourth-order valence-corrected chi connectivity index (χ4v) is 5.64. The van der Waals surface area contributed by atoms with Gasteiger partial charge in [0.15, 0.2) is 5.69 Å². The topological polar surface area (TPSA) is 113 Å². The first-order valence-corrected chi connectivity index (χ1v) is 14.4. The lowest BCUT2D eigenvalue weighted by Crippen LogP contribution is -2.26. The molecule has 2 aromatic carbocycles. The summed E-state index contributed by atoms with van der Waals surface area (Å²) in [7, 11) is 0. The zero-order chi connectivity index (χ0) is 32.7. The number of amides is 1. The van der Waals surface area contributed by atoms with Gasteiger partial charge in [-0.15, -0.1) is 5.10 Å². The van der Waals surface area contributed by atoms with E-state index in [1.807, 2.05) is 0 Å². The summed E-state index contributed by atoms with van der Waals surface area (Å²) in [6, 6.07) is 11.7. The first-order chi connectivity index (χ1) is 21.9. The number of benzene rings is 2. The molecule has 238 valence electrons. The number of anilines is 1. The van der Waals surface area contributed by atoms with Gasteiger partial charge in [-0.05, 0) is 42.7 Å². The van der Waals surface area contributed by atoms with E-state index in [-0.39, 0.29) is 39.3 Å². The predicted molar refractivity (Wildman–Crippen MR) is 158 cm³/mol. The minimum atomic E-state index is -4.71. The number of hydrogen-bond acceptors (Lipinski definition) is 6. The van der Waals surface area contributed by atoms with Gasteiger partial charge in [0.2, 0.25) is 5.91 Å². The molecule has 2 bridgehead atoms. The Balaban J connectivity index is 1.43. The highest BCUT2D eigenvalue weighted by Gasteiger charge is 2.35. The Morgan fingerprint density at radius 2 is 1.87 bits per heavy atom. The van der Waals surface area contributed by atoms with E-state index >= 15 is 0 Å². The Labute approximate surface area is 262 Å². The second-order valence-corrected chi connectivity index (χ2v) is 11.3. The molecule has 2 atom stereocenters. The molecular formula is C30H24ClF5N8O2. The molecule has 16 heteroatoms. The maximum absolute atomic E-state index is 13.9. The fourth-order valence-electron chi connectivity index (χ4n) is 5.47. The van der Waals surface area contributed by atoms with Crippen LogP contribution in [0.25, 0.3) is 28.2 Å². The highest BCUT2D eigenvalue weighted by molar-refractivity contribution is 6.31. The van der Waals surface area contributed by atoms with Gasteiger partial charge in [0.1, 0.15) is 0 Å². The van der Waals surface area contributed by atoms with Crippen LogP contribution in [0.4, 0.5) is 27.6 Å². The van der Waals surface area contributed by atoms with E-state index in [1.165, 1.54) is 41.4 Å². The molecule has 4 heterocycles. The molecule has 0 spiro atoms. The van der Waals surface area contributed by atoms with E-state index in [0.29, 0.717) is 35.1 Å². The predicted octanol–water partition coefficient (Wildman–Crippen LogP) is 6.77. The van der Waals surface area contributed by atoms with Gasteiger partial charge in [0.25, 0.3) is 5.56 Å². The van der Waals surface area contributed by atoms with Crippen LogP contribution in [0.15, 0.2) is 72.0 Å². The molecule has 10 nitrogen and oxygen atoms in total. The molecule has 1 aliphatic heterocycles. The van der Waals surface area contributed by atoms with Crippen LogP contribution in [0.3, 0.4) is 0 Å². The Morgan fingerprint density at radius 1 is 1.07 bits per heavy atom. The zero-order valence-electron chi connectivity index (χ0n) is 23.9. The molecule has 0 aliphatic carbocycles. The highest BCUT2D eigenvalue weighted by Crippen LogP contribution is 2.36. The third-order valence-electron chi connectivity index (χ3n) is 7.78. The molecule has 0 radical (unpaired) electrons. The van der Waals surface area contributed by atoms with Gasteiger partial charge in [0.05, 0.1) is 47.5 Å². The zero-order valence-corrected chi connectivity index (χ0v) is 24.7. The van der Waals surface area contributed by atoms with Gasteiger partial charge < -0.3 is 5.32 Å². The smallest absolute Gasteiger partial charge is 0.323 e. The summed E-state index contributed by atoms with van der Waals surface area (Å²) in [6.45, 7) is -1.25. The number of alkyl halides is 5. The van der Waals surface area contributed by atoms with Gasteiger partial charge in [0, 0.05) is 28.1 Å². The third kappa shape index (κ3) is 6.01. The number of nitrogens with zero attached hydrogens (tertiary/aromatic N) is 7. The van der Waals surface area contributed by atoms with Crippen molar-refractivity contribution in [3.05, 3.63) is 93.9 Å². The van der Waals surface area contributed by atoms with Gasteiger partial charge >= 0.3 is 12.7 Å². The maximum atomic E-state index is 13.9. The average molecular weight is 659 g/mol. The molecule has 1 amide bonds. The van der Waals surface area contributed by atoms with Gasteiger partial charge in [-0.2, -0.15) is 27.1 Å². The largest absolute Gasteiger partial charge is 0.436 e. The number of nitrogens with one attached hydrogen (secondary N) is 1. The lowest BCUT2D eigenvalue weighted by atomic mass is 9.94. The van der Waals surface area contributed by atoms with Crippen molar-refractivity contribution in [2.24, 2.45) is 5.92 Å². The van der Waals surface area contributed by atoms with Crippen molar-refractivity contribution in [3.63, 3.8) is 0 Å². The van der Waals surface area contributed by atoms with Gasteiger partial charge in [-0.25, -0.2) is 14.3 Å². The standard InChI is InChI=1S/C30H24ClF5N8O2/c1-16-4-2-7-23(17-5-3-6-18(10-17)27-22(39-28(16)46)13-38-44(27)29(32)33)42-15-37-21(12-26(42)45)20-11-19(31)8-9-24(20)43-14-25(40-41-43)30(34,35)36/h3,5-6,8-16,23,29H,2,4,7H2,1H3,(H,39,46). The number of aromatic nitrogens is 7. The summed E-state index contributed by atoms with van der Waals surface area (Å²) in [5.41, 5.74) is -0.00856. The first-order valence-electron chi connectivity index (χ1n) is 14.1. The van der Waals surface area contributed by atoms with Crippen LogP contribution in [0.1, 0.15) is 50.0 Å². The van der Waals surface area contributed by atoms with E-state index in [0.717, 1.165) is 10.9 Å². The molecule has 1 aliphatic rings. The molecule has 46 heavy (non-hydrogen) atoms. The number of hydrogen-bond donors (Lipinski definition) is 1. The van der Waals surface area contributed by atoms with Crippen LogP contribution in [-0.4, -0.2) is 40.2 Å². The SMILES string of the molecule is CC1CCCC(n2cnc(-c3cc(Cl)ccc3-n3cc(C(F)(F)F)nn3)cc2=O)c2cccc(c2)-c2c(cnn2C(F)F)NC1=O. The molecule has 1 N–H and O–H groups in total. The van der Waals surface area contributed by atoms with Gasteiger partial charge in [-0.1, -0.05) is 48.4 Å². The van der Waals surface area contributed by atoms with Crippen LogP contribution in [0, 0.1) is 5.92 Å². The van der Waals surface area contributed by atoms with Crippen molar-refractivity contribution in [1.29, 1.82) is 0 Å². The second kappa shape index (κ2) is 12.1. The minimum Gasteiger partial charge on any atom is -0.323 e. The summed E-state index contributed by atoms with van der Waals surface area (Å²) in [4.78, 5) is 31.1. The second-order valence-electron chi connectivity index (χ2n) is 10.8. The molecule has 0 fully saturated rings. The Kier molecular flexibility index (Phi) is 8.19. The monoisotopic (exact) mass is 658 g/mol. The number of carbonyl (C=O) groups excluding carboxylic acids is 1. The molecule has 3 aromatic heterocycles. The Morgan fingerprint density at radius 3 is 2.59 bits per heavy atom. The number of fused-ring (bicyclic) bond motifs is 4. The summed E-state index contributed by atoms with van der Waals surface area (Å²) < 4.78 is 70.3. The van der Waals surface area contributed by atoms with Crippen LogP contribution in [-0.2, 0) is 11.0 Å². The molecule has 5 aromatic rings. The number of rotatable bonds is 4. The molecule has 6 rings (SSSR count). The molecular weight excluding hydrogens is 635 g/mol. The van der Waals surface area contributed by atoms with E-state index in [2.05, 4.69) is 25.7 Å². The van der Waals surface area contributed by atoms with Crippen LogP contribution in [0.2, 0.25) is 5.02 Å². The summed E-state index contributed by atoms with van der Waals surface area (Å²) in [6.07, 6.45) is -0.0985. The average Bonchev–Trinajstić information content (AvgIpc) is 3.67. The van der Waals surface area contributed by atoms with Crippen molar-refractivity contribution in [1.82, 2.24) is 34.3 Å². The van der Waals surface area contributed by atoms with E-state index in [9.17, 15) is 31.5 Å². The van der Waals surface area contributed by atoms with E-state index in [1.54, 1.807) is 31.2 Å². The van der Waals surface area contributed by atoms with Crippen molar-refractivity contribution < 1.29 is 26.7 Å². The highest BCUT2D eigenvalue weighted by atomic mass is 35.5. The van der Waals surface area contributed by atoms with Crippen molar-refractivity contribution in [2.45, 2.75) is 45.0 Å². The van der Waals surface area contributed by atoms with Crippen molar-refractivity contribution in [3.8, 4) is 28.2 Å². The van der Waals surface area contributed by atoms with Crippen molar-refractivity contribution >= 4 is 23.2 Å². The molecule has 0 saturated heterocycles. The van der Waals surface area contributed by atoms with Crippen molar-refractivity contribution in [2.75, 3.05) is 5.32 Å². The van der Waals surface area contributed by atoms with Crippen LogP contribution in [0.5, 0.6) is 0 Å². The first kappa shape index (κ1) is 31.1. The quantitative estimate of drug-likeness (QED) is 0.213. The molecule has 0 saturated carbocycles. The lowest BCUT2D eigenvalue weighted by molar-refractivity contribution is -0.141. The Bertz CT molecular complexity index is 1990. The van der Waals surface area contributed by atoms with Gasteiger partial charge in [-0.3, -0.25) is 14.2 Å². The van der Waals surface area contributed by atoms with Crippen LogP contribution >= 0.6 is 11.6 Å². The van der Waals surface area contributed by atoms with E-state index in [4.69, 9.17) is 11.6 Å². The number of halogens is 6. The lowest BCUT2D eigenvalue weighted by Gasteiger charge is -2.23.